The fourth-order valence-corrected chi connectivity index (χ4v) is 2.83. The summed E-state index contributed by atoms with van der Waals surface area (Å²) in [4.78, 5) is 14.2. The van der Waals surface area contributed by atoms with Gasteiger partial charge in [-0.1, -0.05) is 0 Å². The number of anilines is 2. The first-order valence-corrected chi connectivity index (χ1v) is 6.99. The maximum absolute atomic E-state index is 12.2. The minimum absolute atomic E-state index is 0.186. The molecule has 1 saturated carbocycles. The molecule has 0 aromatic heterocycles. The van der Waals surface area contributed by atoms with Crippen molar-refractivity contribution >= 4 is 17.3 Å². The first-order valence-electron chi connectivity index (χ1n) is 6.99. The van der Waals surface area contributed by atoms with Crippen LogP contribution in [0.3, 0.4) is 0 Å². The highest BCUT2D eigenvalue weighted by Crippen LogP contribution is 2.46. The van der Waals surface area contributed by atoms with E-state index in [0.29, 0.717) is 13.0 Å². The lowest BCUT2D eigenvalue weighted by atomic mass is 9.98. The zero-order chi connectivity index (χ0) is 13.5. The molecule has 0 bridgehead atoms. The maximum Gasteiger partial charge on any atom is 0.227 e. The highest BCUT2D eigenvalue weighted by atomic mass is 16.2. The van der Waals surface area contributed by atoms with Crippen molar-refractivity contribution in [2.45, 2.75) is 25.7 Å². The summed E-state index contributed by atoms with van der Waals surface area (Å²) < 4.78 is 0. The summed E-state index contributed by atoms with van der Waals surface area (Å²) in [6.45, 7) is 1.47. The fraction of sp³-hybridized carbons (Fsp3) is 0.533. The van der Waals surface area contributed by atoms with Crippen LogP contribution >= 0.6 is 0 Å². The molecular weight excluding hydrogens is 238 g/mol. The standard InChI is InChI=1S/C15H21N3O/c1-17-12-3-4-13-11(8-12)2-5-14(19)18(13)10-15(9-16)6-7-15/h3-4,8,17H,2,5-7,9-10,16H2,1H3. The molecule has 0 saturated heterocycles. The molecule has 102 valence electrons. The van der Waals surface area contributed by atoms with Gasteiger partial charge < -0.3 is 16.0 Å². The number of carbonyl (C=O) groups excluding carboxylic acids is 1. The van der Waals surface area contributed by atoms with Crippen LogP contribution < -0.4 is 16.0 Å². The second-order valence-electron chi connectivity index (χ2n) is 5.78. The highest BCUT2D eigenvalue weighted by molar-refractivity contribution is 5.96. The van der Waals surface area contributed by atoms with Crippen LogP contribution in [-0.4, -0.2) is 26.0 Å². The third-order valence-corrected chi connectivity index (χ3v) is 4.45. The largest absolute Gasteiger partial charge is 0.388 e. The Bertz CT molecular complexity index is 508. The lowest BCUT2D eigenvalue weighted by molar-refractivity contribution is -0.119. The molecule has 1 aliphatic heterocycles. The van der Waals surface area contributed by atoms with Crippen molar-refractivity contribution in [3.8, 4) is 0 Å². The van der Waals surface area contributed by atoms with Gasteiger partial charge in [0.05, 0.1) is 0 Å². The average molecular weight is 259 g/mol. The Morgan fingerprint density at radius 2 is 2.16 bits per heavy atom. The summed E-state index contributed by atoms with van der Waals surface area (Å²) >= 11 is 0. The van der Waals surface area contributed by atoms with Gasteiger partial charge in [-0.3, -0.25) is 4.79 Å². The van der Waals surface area contributed by atoms with Crippen molar-refractivity contribution in [2.75, 3.05) is 30.4 Å². The number of benzene rings is 1. The smallest absolute Gasteiger partial charge is 0.227 e. The van der Waals surface area contributed by atoms with Crippen LogP contribution in [0.5, 0.6) is 0 Å². The van der Waals surface area contributed by atoms with E-state index in [-0.39, 0.29) is 11.3 Å². The number of carbonyl (C=O) groups is 1. The summed E-state index contributed by atoms with van der Waals surface area (Å²) in [5, 5.41) is 3.15. The van der Waals surface area contributed by atoms with Gasteiger partial charge >= 0.3 is 0 Å². The van der Waals surface area contributed by atoms with Crippen LogP contribution in [0.4, 0.5) is 11.4 Å². The Hall–Kier alpha value is -1.55. The topological polar surface area (TPSA) is 58.4 Å². The first kappa shape index (κ1) is 12.5. The van der Waals surface area contributed by atoms with Crippen molar-refractivity contribution in [2.24, 2.45) is 11.1 Å². The normalized spacial score (nSPS) is 20.1. The molecule has 1 fully saturated rings. The van der Waals surface area contributed by atoms with E-state index in [1.165, 1.54) is 5.56 Å². The summed E-state index contributed by atoms with van der Waals surface area (Å²) in [5.74, 6) is 0.240. The van der Waals surface area contributed by atoms with Gasteiger partial charge in [0.15, 0.2) is 0 Å². The number of nitrogens with one attached hydrogen (secondary N) is 1. The van der Waals surface area contributed by atoms with Gasteiger partial charge in [-0.05, 0) is 49.6 Å². The number of nitrogens with zero attached hydrogens (tertiary/aromatic N) is 1. The van der Waals surface area contributed by atoms with E-state index >= 15 is 0 Å². The molecule has 0 atom stereocenters. The van der Waals surface area contributed by atoms with E-state index in [4.69, 9.17) is 5.73 Å². The Kier molecular flexibility index (Phi) is 2.97. The Labute approximate surface area is 114 Å². The molecule has 0 unspecified atom stereocenters. The van der Waals surface area contributed by atoms with E-state index in [9.17, 15) is 4.79 Å². The summed E-state index contributed by atoms with van der Waals surface area (Å²) in [6, 6.07) is 6.24. The van der Waals surface area contributed by atoms with Crippen LogP contribution in [0.25, 0.3) is 0 Å². The predicted octanol–water partition coefficient (Wildman–Crippen LogP) is 1.75. The number of hydrogen-bond acceptors (Lipinski definition) is 3. The number of aryl methyl sites for hydroxylation is 1. The van der Waals surface area contributed by atoms with Gasteiger partial charge in [-0.15, -0.1) is 0 Å². The average Bonchev–Trinajstić information content (AvgIpc) is 3.22. The molecule has 3 N–H and O–H groups in total. The molecule has 19 heavy (non-hydrogen) atoms. The monoisotopic (exact) mass is 259 g/mol. The number of hydrogen-bond donors (Lipinski definition) is 2. The van der Waals surface area contributed by atoms with Crippen molar-refractivity contribution in [1.82, 2.24) is 0 Å². The first-order chi connectivity index (χ1) is 9.17. The van der Waals surface area contributed by atoms with Gasteiger partial charge in [-0.2, -0.15) is 0 Å². The fourth-order valence-electron chi connectivity index (χ4n) is 2.83. The van der Waals surface area contributed by atoms with E-state index in [1.54, 1.807) is 0 Å². The quantitative estimate of drug-likeness (QED) is 0.866. The third kappa shape index (κ3) is 2.21. The Morgan fingerprint density at radius 1 is 1.37 bits per heavy atom. The molecule has 1 aromatic carbocycles. The van der Waals surface area contributed by atoms with Gasteiger partial charge in [0, 0.05) is 36.8 Å². The minimum Gasteiger partial charge on any atom is -0.388 e. The lowest BCUT2D eigenvalue weighted by Gasteiger charge is -2.32. The van der Waals surface area contributed by atoms with Crippen molar-refractivity contribution in [1.29, 1.82) is 0 Å². The molecule has 1 aliphatic carbocycles. The number of rotatable bonds is 4. The van der Waals surface area contributed by atoms with Gasteiger partial charge in [-0.25, -0.2) is 0 Å². The molecule has 4 nitrogen and oxygen atoms in total. The number of amides is 1. The molecule has 1 amide bonds. The van der Waals surface area contributed by atoms with Crippen LogP contribution in [0.15, 0.2) is 18.2 Å². The SMILES string of the molecule is CNc1ccc2c(c1)CCC(=O)N2CC1(CN)CC1. The van der Waals surface area contributed by atoms with Crippen LogP contribution in [-0.2, 0) is 11.2 Å². The van der Waals surface area contributed by atoms with Crippen LogP contribution in [0, 0.1) is 5.41 Å². The number of fused-ring (bicyclic) bond motifs is 1. The summed E-state index contributed by atoms with van der Waals surface area (Å²) in [5.41, 5.74) is 9.48. The molecule has 0 radical (unpaired) electrons. The van der Waals surface area contributed by atoms with Crippen molar-refractivity contribution in [3.63, 3.8) is 0 Å². The maximum atomic E-state index is 12.2. The van der Waals surface area contributed by atoms with Crippen molar-refractivity contribution < 1.29 is 4.79 Å². The molecule has 0 spiro atoms. The Balaban J connectivity index is 1.90. The lowest BCUT2D eigenvalue weighted by Crippen LogP contribution is -2.41. The second-order valence-corrected chi connectivity index (χ2v) is 5.78. The minimum atomic E-state index is 0.186. The molecule has 1 aromatic rings. The van der Waals surface area contributed by atoms with Gasteiger partial charge in [0.25, 0.3) is 0 Å². The van der Waals surface area contributed by atoms with Gasteiger partial charge in [0.1, 0.15) is 0 Å². The predicted molar refractivity (Wildman–Crippen MR) is 77.4 cm³/mol. The Morgan fingerprint density at radius 3 is 2.79 bits per heavy atom. The zero-order valence-corrected chi connectivity index (χ0v) is 11.4. The van der Waals surface area contributed by atoms with E-state index in [0.717, 1.165) is 37.2 Å². The molecule has 2 aliphatic rings. The number of nitrogens with two attached hydrogens (primary N) is 1. The molecule has 3 rings (SSSR count). The van der Waals surface area contributed by atoms with E-state index in [1.807, 2.05) is 18.0 Å². The van der Waals surface area contributed by atoms with E-state index in [2.05, 4.69) is 17.4 Å². The molecular formula is C15H21N3O. The van der Waals surface area contributed by atoms with Crippen LogP contribution in [0.2, 0.25) is 0 Å². The van der Waals surface area contributed by atoms with Crippen LogP contribution in [0.1, 0.15) is 24.8 Å². The highest BCUT2D eigenvalue weighted by Gasteiger charge is 2.44. The second kappa shape index (κ2) is 4.53. The van der Waals surface area contributed by atoms with Crippen molar-refractivity contribution in [3.05, 3.63) is 23.8 Å². The third-order valence-electron chi connectivity index (χ3n) is 4.45. The van der Waals surface area contributed by atoms with E-state index < -0.39 is 0 Å². The zero-order valence-electron chi connectivity index (χ0n) is 11.4. The van der Waals surface area contributed by atoms with Gasteiger partial charge in [0.2, 0.25) is 5.91 Å². The molecule has 4 heteroatoms. The molecule has 1 heterocycles. The summed E-state index contributed by atoms with van der Waals surface area (Å²) in [7, 11) is 1.92. The summed E-state index contributed by atoms with van der Waals surface area (Å²) in [6.07, 6.45) is 3.76.